The van der Waals surface area contributed by atoms with Gasteiger partial charge in [-0.15, -0.1) is 11.3 Å². The topological polar surface area (TPSA) is 45.2 Å². The van der Waals surface area contributed by atoms with E-state index in [0.717, 1.165) is 36.4 Å². The van der Waals surface area contributed by atoms with Gasteiger partial charge in [-0.05, 0) is 44.1 Å². The van der Waals surface area contributed by atoms with E-state index < -0.39 is 0 Å². The minimum absolute atomic E-state index is 0.318. The number of aromatic nitrogens is 1. The lowest BCUT2D eigenvalue weighted by atomic mass is 10.1. The summed E-state index contributed by atoms with van der Waals surface area (Å²) >= 11 is 1.76. The molecule has 0 aliphatic rings. The predicted molar refractivity (Wildman–Crippen MR) is 75.3 cm³/mol. The van der Waals surface area contributed by atoms with Gasteiger partial charge in [-0.2, -0.15) is 0 Å². The molecule has 2 N–H and O–H groups in total. The summed E-state index contributed by atoms with van der Waals surface area (Å²) < 4.78 is 0. The van der Waals surface area contributed by atoms with Crippen LogP contribution in [0.25, 0.3) is 0 Å². The second-order valence-corrected chi connectivity index (χ2v) is 5.47. The molecule has 0 saturated carbocycles. The Kier molecular flexibility index (Phi) is 4.73. The van der Waals surface area contributed by atoms with E-state index in [-0.39, 0.29) is 0 Å². The predicted octanol–water partition coefficient (Wildman–Crippen LogP) is 2.59. The zero-order valence-electron chi connectivity index (χ0n) is 10.5. The number of thiazole rings is 1. The van der Waals surface area contributed by atoms with Gasteiger partial charge >= 0.3 is 0 Å². The van der Waals surface area contributed by atoms with Crippen molar-refractivity contribution in [3.8, 4) is 5.75 Å². The lowest BCUT2D eigenvalue weighted by Crippen LogP contribution is -2.07. The van der Waals surface area contributed by atoms with Crippen molar-refractivity contribution in [1.82, 2.24) is 10.3 Å². The molecule has 0 unspecified atom stereocenters. The molecule has 3 nitrogen and oxygen atoms in total. The molecule has 0 amide bonds. The molecular formula is C14H18N2OS. The average Bonchev–Trinajstić information content (AvgIpc) is 2.77. The highest BCUT2D eigenvalue weighted by Gasteiger charge is 2.03. The van der Waals surface area contributed by atoms with Crippen LogP contribution in [0.1, 0.15) is 21.9 Å². The Morgan fingerprint density at radius 1 is 1.39 bits per heavy atom. The highest BCUT2D eigenvalue weighted by atomic mass is 32.1. The maximum absolute atomic E-state index is 9.42. The summed E-state index contributed by atoms with van der Waals surface area (Å²) in [6, 6.07) is 7.37. The Bertz CT molecular complexity index is 496. The maximum atomic E-state index is 9.42. The van der Waals surface area contributed by atoms with E-state index in [1.165, 1.54) is 4.88 Å². The van der Waals surface area contributed by atoms with Crippen molar-refractivity contribution >= 4 is 11.3 Å². The van der Waals surface area contributed by atoms with Gasteiger partial charge in [0.15, 0.2) is 0 Å². The molecule has 0 radical (unpaired) electrons. The van der Waals surface area contributed by atoms with Gasteiger partial charge in [-0.3, -0.25) is 0 Å². The van der Waals surface area contributed by atoms with Crippen molar-refractivity contribution in [2.45, 2.75) is 19.3 Å². The molecule has 4 heteroatoms. The molecule has 2 aromatic rings. The molecular weight excluding hydrogens is 244 g/mol. The van der Waals surface area contributed by atoms with Crippen LogP contribution >= 0.6 is 11.3 Å². The minimum atomic E-state index is 0.318. The van der Waals surface area contributed by atoms with E-state index in [4.69, 9.17) is 0 Å². The number of nitrogens with zero attached hydrogens (tertiary/aromatic N) is 1. The third-order valence-corrected chi connectivity index (χ3v) is 3.77. The molecule has 0 fully saturated rings. The number of nitrogens with one attached hydrogen (secondary N) is 1. The van der Waals surface area contributed by atoms with Crippen LogP contribution in [-0.4, -0.2) is 23.7 Å². The van der Waals surface area contributed by atoms with E-state index in [1.54, 1.807) is 23.5 Å². The summed E-state index contributed by atoms with van der Waals surface area (Å²) in [6.45, 7) is 1.04. The van der Waals surface area contributed by atoms with Gasteiger partial charge in [-0.25, -0.2) is 4.98 Å². The molecule has 0 atom stereocenters. The smallest absolute Gasteiger partial charge is 0.115 e. The van der Waals surface area contributed by atoms with Crippen molar-refractivity contribution in [3.05, 3.63) is 45.9 Å². The van der Waals surface area contributed by atoms with Gasteiger partial charge in [0.05, 0.1) is 5.01 Å². The van der Waals surface area contributed by atoms with Crippen molar-refractivity contribution in [2.75, 3.05) is 13.6 Å². The van der Waals surface area contributed by atoms with Gasteiger partial charge in [-0.1, -0.05) is 12.1 Å². The molecule has 2 rings (SSSR count). The molecule has 1 heterocycles. The monoisotopic (exact) mass is 262 g/mol. The molecule has 96 valence electrons. The second-order valence-electron chi connectivity index (χ2n) is 4.27. The standard InChI is InChI=1S/C14H18N2OS/c1-15-7-3-6-13-10-16-14(18-13)9-11-4-2-5-12(17)8-11/h2,4-5,8,10,15,17H,3,6-7,9H2,1H3. The summed E-state index contributed by atoms with van der Waals surface area (Å²) in [5.74, 6) is 0.318. The summed E-state index contributed by atoms with van der Waals surface area (Å²) in [7, 11) is 1.97. The van der Waals surface area contributed by atoms with Crippen LogP contribution in [0.3, 0.4) is 0 Å². The first-order chi connectivity index (χ1) is 8.78. The van der Waals surface area contributed by atoms with Crippen LogP contribution in [0.5, 0.6) is 5.75 Å². The fourth-order valence-corrected chi connectivity index (χ4v) is 2.82. The molecule has 1 aromatic heterocycles. The zero-order valence-corrected chi connectivity index (χ0v) is 11.3. The van der Waals surface area contributed by atoms with Crippen molar-refractivity contribution < 1.29 is 5.11 Å². The fourth-order valence-electron chi connectivity index (χ4n) is 1.83. The van der Waals surface area contributed by atoms with Crippen molar-refractivity contribution in [1.29, 1.82) is 0 Å². The third kappa shape index (κ3) is 3.82. The van der Waals surface area contributed by atoms with Crippen LogP contribution in [-0.2, 0) is 12.8 Å². The molecule has 0 aliphatic heterocycles. The Morgan fingerprint density at radius 2 is 2.28 bits per heavy atom. The number of phenols is 1. The van der Waals surface area contributed by atoms with Crippen molar-refractivity contribution in [3.63, 3.8) is 0 Å². The normalized spacial score (nSPS) is 10.7. The van der Waals surface area contributed by atoms with Gasteiger partial charge in [0.2, 0.25) is 0 Å². The summed E-state index contributed by atoms with van der Waals surface area (Å²) in [4.78, 5) is 5.77. The number of aromatic hydroxyl groups is 1. The molecule has 0 bridgehead atoms. The molecule has 0 aliphatic carbocycles. The number of hydrogen-bond acceptors (Lipinski definition) is 4. The lowest BCUT2D eigenvalue weighted by Gasteiger charge is -1.98. The van der Waals surface area contributed by atoms with E-state index >= 15 is 0 Å². The van der Waals surface area contributed by atoms with E-state index in [2.05, 4.69) is 10.3 Å². The Morgan fingerprint density at radius 3 is 3.06 bits per heavy atom. The van der Waals surface area contributed by atoms with Crippen LogP contribution in [0, 0.1) is 0 Å². The minimum Gasteiger partial charge on any atom is -0.508 e. The summed E-state index contributed by atoms with van der Waals surface area (Å²) in [6.07, 6.45) is 4.99. The SMILES string of the molecule is CNCCCc1cnc(Cc2cccc(O)c2)s1. The summed E-state index contributed by atoms with van der Waals surface area (Å²) in [5, 5.41) is 13.7. The first-order valence-electron chi connectivity index (χ1n) is 6.14. The van der Waals surface area contributed by atoms with Crippen LogP contribution in [0.15, 0.2) is 30.5 Å². The van der Waals surface area contributed by atoms with Crippen LogP contribution in [0.2, 0.25) is 0 Å². The first kappa shape index (κ1) is 13.1. The molecule has 0 spiro atoms. The molecule has 1 aromatic carbocycles. The van der Waals surface area contributed by atoms with Gasteiger partial charge in [0.1, 0.15) is 5.75 Å². The van der Waals surface area contributed by atoms with Gasteiger partial charge < -0.3 is 10.4 Å². The Labute approximate surface area is 112 Å². The Balaban J connectivity index is 1.94. The van der Waals surface area contributed by atoms with Crippen LogP contribution in [0.4, 0.5) is 0 Å². The van der Waals surface area contributed by atoms with Gasteiger partial charge in [0, 0.05) is 17.5 Å². The number of benzene rings is 1. The number of rotatable bonds is 6. The zero-order chi connectivity index (χ0) is 12.8. The highest BCUT2D eigenvalue weighted by Crippen LogP contribution is 2.20. The lowest BCUT2D eigenvalue weighted by molar-refractivity contribution is 0.474. The van der Waals surface area contributed by atoms with Crippen LogP contribution < -0.4 is 5.32 Å². The van der Waals surface area contributed by atoms with Gasteiger partial charge in [0.25, 0.3) is 0 Å². The maximum Gasteiger partial charge on any atom is 0.115 e. The largest absolute Gasteiger partial charge is 0.508 e. The summed E-state index contributed by atoms with van der Waals surface area (Å²) in [5.41, 5.74) is 1.10. The van der Waals surface area contributed by atoms with E-state index in [9.17, 15) is 5.11 Å². The highest BCUT2D eigenvalue weighted by molar-refractivity contribution is 7.11. The Hall–Kier alpha value is -1.39. The number of hydrogen-bond donors (Lipinski definition) is 2. The number of phenolic OH excluding ortho intramolecular Hbond substituents is 1. The fraction of sp³-hybridized carbons (Fsp3) is 0.357. The quantitative estimate of drug-likeness (QED) is 0.787. The third-order valence-electron chi connectivity index (χ3n) is 2.72. The molecule has 0 saturated heterocycles. The molecule has 18 heavy (non-hydrogen) atoms. The number of aryl methyl sites for hydroxylation is 1. The van der Waals surface area contributed by atoms with E-state index in [1.807, 2.05) is 25.4 Å². The second kappa shape index (κ2) is 6.52. The first-order valence-corrected chi connectivity index (χ1v) is 6.95. The van der Waals surface area contributed by atoms with E-state index in [0.29, 0.717) is 5.75 Å². The van der Waals surface area contributed by atoms with Crippen molar-refractivity contribution in [2.24, 2.45) is 0 Å². The average molecular weight is 262 g/mol.